The third-order valence-electron chi connectivity index (χ3n) is 7.84. The van der Waals surface area contributed by atoms with Crippen LogP contribution in [-0.2, 0) is 16.0 Å². The van der Waals surface area contributed by atoms with E-state index in [1.165, 1.54) is 27.2 Å². The van der Waals surface area contributed by atoms with Crippen LogP contribution in [0.2, 0.25) is 0 Å². The third-order valence-corrected chi connectivity index (χ3v) is 8.48. The van der Waals surface area contributed by atoms with E-state index in [4.69, 9.17) is 23.7 Å². The fourth-order valence-electron chi connectivity index (χ4n) is 5.64. The highest BCUT2D eigenvalue weighted by atomic mass is 32.2. The first-order chi connectivity index (χ1) is 22.2. The van der Waals surface area contributed by atoms with Gasteiger partial charge in [0.1, 0.15) is 17.5 Å². The second kappa shape index (κ2) is 15.6. The smallest absolute Gasteiger partial charge is 0.246 e. The molecule has 0 spiro atoms. The van der Waals surface area contributed by atoms with Crippen LogP contribution >= 0.6 is 11.8 Å². The zero-order valence-electron chi connectivity index (χ0n) is 27.2. The zero-order chi connectivity index (χ0) is 33.4. The predicted octanol–water partition coefficient (Wildman–Crippen LogP) is 5.05. The van der Waals surface area contributed by atoms with Gasteiger partial charge in [-0.25, -0.2) is 0 Å². The second-order valence-corrected chi connectivity index (χ2v) is 11.6. The highest BCUT2D eigenvalue weighted by Gasteiger charge is 2.30. The van der Waals surface area contributed by atoms with Gasteiger partial charge >= 0.3 is 0 Å². The Balaban J connectivity index is 1.82. The molecule has 3 N–H and O–H groups in total. The van der Waals surface area contributed by atoms with Crippen molar-refractivity contribution in [3.63, 3.8) is 0 Å². The number of fused-ring (bicyclic) bond motifs is 3. The van der Waals surface area contributed by atoms with Crippen LogP contribution in [0.1, 0.15) is 36.9 Å². The summed E-state index contributed by atoms with van der Waals surface area (Å²) in [5.74, 6) is 2.55. The number of carbonyl (C=O) groups excluding carboxylic acids is 2. The van der Waals surface area contributed by atoms with Crippen LogP contribution in [0.3, 0.4) is 0 Å². The molecule has 246 valence electrons. The lowest BCUT2D eigenvalue weighted by molar-refractivity contribution is -0.120. The first-order valence-corrected chi connectivity index (χ1v) is 16.1. The third kappa shape index (κ3) is 7.44. The monoisotopic (exact) mass is 651 g/mol. The molecule has 0 saturated carbocycles. The van der Waals surface area contributed by atoms with Crippen molar-refractivity contribution in [2.24, 2.45) is 0 Å². The average molecular weight is 652 g/mol. The molecule has 3 aromatic carbocycles. The Hall–Kier alpha value is -4.58. The van der Waals surface area contributed by atoms with E-state index in [0.717, 1.165) is 11.1 Å². The van der Waals surface area contributed by atoms with E-state index in [1.807, 2.05) is 18.4 Å². The van der Waals surface area contributed by atoms with Gasteiger partial charge in [-0.15, -0.1) is 0 Å². The molecule has 46 heavy (non-hydrogen) atoms. The molecule has 0 saturated heterocycles. The molecule has 0 aliphatic heterocycles. The van der Waals surface area contributed by atoms with Crippen LogP contribution in [0.25, 0.3) is 11.1 Å². The van der Waals surface area contributed by atoms with Gasteiger partial charge in [0.15, 0.2) is 11.5 Å². The van der Waals surface area contributed by atoms with E-state index >= 15 is 0 Å². The highest BCUT2D eigenvalue weighted by molar-refractivity contribution is 7.98. The van der Waals surface area contributed by atoms with E-state index in [2.05, 4.69) is 16.0 Å². The summed E-state index contributed by atoms with van der Waals surface area (Å²) in [5.41, 5.74) is 3.37. The normalized spacial score (nSPS) is 14.0. The predicted molar refractivity (Wildman–Crippen MR) is 181 cm³/mol. The molecule has 0 aromatic heterocycles. The number of nitrogens with one attached hydrogen (secondary N) is 3. The van der Waals surface area contributed by atoms with Gasteiger partial charge in [-0.05, 0) is 78.3 Å². The van der Waals surface area contributed by atoms with Crippen molar-refractivity contribution in [1.82, 2.24) is 5.32 Å². The Bertz CT molecular complexity index is 1650. The van der Waals surface area contributed by atoms with Gasteiger partial charge in [-0.2, -0.15) is 11.8 Å². The minimum Gasteiger partial charge on any atom is -0.497 e. The molecule has 2 amide bonds. The minimum atomic E-state index is -0.744. The molecule has 1 aliphatic carbocycles. The Morgan fingerprint density at radius 3 is 2.24 bits per heavy atom. The summed E-state index contributed by atoms with van der Waals surface area (Å²) in [6.45, 7) is 1.45. The van der Waals surface area contributed by atoms with Gasteiger partial charge in [0.25, 0.3) is 0 Å². The number of rotatable bonds is 13. The number of thioether (sulfide) groups is 1. The molecule has 0 unspecified atom stereocenters. The van der Waals surface area contributed by atoms with Crippen molar-refractivity contribution in [3.05, 3.63) is 63.8 Å². The lowest BCUT2D eigenvalue weighted by Crippen LogP contribution is -2.36. The number of carbonyl (C=O) groups is 2. The summed E-state index contributed by atoms with van der Waals surface area (Å²) < 4.78 is 27.9. The van der Waals surface area contributed by atoms with E-state index < -0.39 is 12.1 Å². The molecule has 12 heteroatoms. The van der Waals surface area contributed by atoms with Crippen LogP contribution in [0, 0.1) is 0 Å². The molecule has 0 radical (unpaired) electrons. The minimum absolute atomic E-state index is 0.218. The van der Waals surface area contributed by atoms with Gasteiger partial charge < -0.3 is 39.6 Å². The first-order valence-electron chi connectivity index (χ1n) is 14.7. The summed E-state index contributed by atoms with van der Waals surface area (Å²) in [5, 5.41) is 9.14. The van der Waals surface area contributed by atoms with E-state index in [0.29, 0.717) is 70.6 Å². The quantitative estimate of drug-likeness (QED) is 0.231. The number of amides is 2. The van der Waals surface area contributed by atoms with Crippen molar-refractivity contribution in [2.75, 3.05) is 58.2 Å². The molecule has 0 heterocycles. The molecule has 11 nitrogen and oxygen atoms in total. The van der Waals surface area contributed by atoms with Crippen LogP contribution in [-0.4, -0.2) is 65.4 Å². The fourth-order valence-corrected chi connectivity index (χ4v) is 6.11. The summed E-state index contributed by atoms with van der Waals surface area (Å²) >= 11 is 1.59. The van der Waals surface area contributed by atoms with E-state index in [1.54, 1.807) is 57.4 Å². The highest BCUT2D eigenvalue weighted by Crippen LogP contribution is 2.50. The molecular weight excluding hydrogens is 610 g/mol. The molecule has 3 aromatic rings. The topological polar surface area (TPSA) is 133 Å². The number of hydrogen-bond donors (Lipinski definition) is 3. The van der Waals surface area contributed by atoms with E-state index in [9.17, 15) is 14.4 Å². The van der Waals surface area contributed by atoms with Crippen LogP contribution in [0.5, 0.6) is 28.7 Å². The number of methoxy groups -OCH3 is 5. The fraction of sp³-hybridized carbons (Fsp3) is 0.382. The maximum Gasteiger partial charge on any atom is 0.246 e. The number of aryl methyl sites for hydroxylation is 1. The van der Waals surface area contributed by atoms with Gasteiger partial charge in [-0.1, -0.05) is 6.07 Å². The van der Waals surface area contributed by atoms with Crippen LogP contribution in [0.15, 0.2) is 47.3 Å². The summed E-state index contributed by atoms with van der Waals surface area (Å²) in [6, 6.07) is 10.8. The van der Waals surface area contributed by atoms with Crippen LogP contribution < -0.4 is 45.1 Å². The van der Waals surface area contributed by atoms with Crippen molar-refractivity contribution < 1.29 is 33.3 Å². The first kappa shape index (κ1) is 34.3. The van der Waals surface area contributed by atoms with Gasteiger partial charge in [0.05, 0.1) is 53.0 Å². The van der Waals surface area contributed by atoms with E-state index in [-0.39, 0.29) is 22.9 Å². The van der Waals surface area contributed by atoms with Gasteiger partial charge in [0, 0.05) is 18.6 Å². The average Bonchev–Trinajstić information content (AvgIpc) is 3.30. The summed E-state index contributed by atoms with van der Waals surface area (Å²) in [6.07, 6.45) is 3.52. The SMILES string of the molecule is COc1ccc(NC(=O)[C@@H](CCSC)Nc2ccc3c(cc2=O)[C@H](NC(C)=O)CCc2cc(OC)c(OC)c(OC)c2-3)c(OC)c1. The number of ether oxygens (including phenoxy) is 5. The Morgan fingerprint density at radius 1 is 0.891 bits per heavy atom. The molecule has 2 atom stereocenters. The molecule has 0 fully saturated rings. The lowest BCUT2D eigenvalue weighted by Gasteiger charge is -2.20. The molecule has 0 bridgehead atoms. The Morgan fingerprint density at radius 2 is 1.61 bits per heavy atom. The second-order valence-electron chi connectivity index (χ2n) is 10.6. The molecular formula is C34H41N3O8S. The standard InChI is InChI=1S/C34H41N3O8S/c1-19(38)35-24-11-8-20-16-30(43-4)32(44-5)33(45-6)31(20)22-10-13-25(28(39)18-23(22)24)36-27(14-15-46-7)34(40)37-26-12-9-21(41-2)17-29(26)42-3/h9-10,12-13,16-18,24,27H,8,11,14-15H2,1-7H3,(H,35,38)(H,36,39)(H,37,40)/t24-,27-/m1/s1. The maximum atomic E-state index is 13.9. The van der Waals surface area contributed by atoms with Crippen molar-refractivity contribution in [2.45, 2.75) is 38.3 Å². The summed E-state index contributed by atoms with van der Waals surface area (Å²) in [7, 11) is 7.71. The maximum absolute atomic E-state index is 13.9. The molecule has 1 aliphatic rings. The van der Waals surface area contributed by atoms with Gasteiger partial charge in [0.2, 0.25) is 23.0 Å². The van der Waals surface area contributed by atoms with Gasteiger partial charge in [-0.3, -0.25) is 14.4 Å². The largest absolute Gasteiger partial charge is 0.497 e. The Labute approximate surface area is 273 Å². The Kier molecular flexibility index (Phi) is 11.6. The van der Waals surface area contributed by atoms with Crippen LogP contribution in [0.4, 0.5) is 11.4 Å². The van der Waals surface area contributed by atoms with Crippen molar-refractivity contribution in [1.29, 1.82) is 0 Å². The summed E-state index contributed by atoms with van der Waals surface area (Å²) in [4.78, 5) is 39.8. The van der Waals surface area contributed by atoms with Crippen molar-refractivity contribution >= 4 is 35.0 Å². The molecule has 4 rings (SSSR count). The number of hydrogen-bond acceptors (Lipinski definition) is 10. The zero-order valence-corrected chi connectivity index (χ0v) is 28.0. The number of anilines is 2. The van der Waals surface area contributed by atoms with Crippen molar-refractivity contribution in [3.8, 4) is 39.9 Å². The number of benzene rings is 2. The lowest BCUT2D eigenvalue weighted by atomic mass is 9.95.